The van der Waals surface area contributed by atoms with Crippen molar-refractivity contribution >= 4 is 19.7 Å². The van der Waals surface area contributed by atoms with Crippen LogP contribution in [-0.2, 0) is 4.79 Å². The monoisotopic (exact) mass is 506 g/mol. The molecule has 2 heterocycles. The first kappa shape index (κ1) is 24.8. The van der Waals surface area contributed by atoms with Crippen LogP contribution >= 0.6 is 7.81 Å². The Bertz CT molecular complexity index is 773. The van der Waals surface area contributed by atoms with Crippen molar-refractivity contribution in [2.24, 2.45) is 23.2 Å². The van der Waals surface area contributed by atoms with E-state index in [4.69, 9.17) is 0 Å². The van der Waals surface area contributed by atoms with Crippen LogP contribution in [0.5, 0.6) is 0 Å². The summed E-state index contributed by atoms with van der Waals surface area (Å²) in [6.45, 7) is 2.90. The van der Waals surface area contributed by atoms with Gasteiger partial charge in [0.15, 0.2) is 0 Å². The van der Waals surface area contributed by atoms with Gasteiger partial charge < -0.3 is 10.4 Å². The Balaban J connectivity index is 0.000000325. The molecule has 4 saturated carbocycles. The van der Waals surface area contributed by atoms with E-state index >= 15 is 0 Å². The second kappa shape index (κ2) is 7.86. The molecule has 0 aromatic rings. The zero-order chi connectivity index (χ0) is 24.1. The molecular formula is C20H33F6N4O2P. The minimum absolute atomic E-state index is 0.0479. The average molecular weight is 506 g/mol. The molecule has 2 atom stereocenters. The van der Waals surface area contributed by atoms with Gasteiger partial charge in [-0.3, -0.25) is 20.0 Å². The average Bonchev–Trinajstić information content (AvgIpc) is 2.68. The quantitative estimate of drug-likeness (QED) is 0.266. The molecule has 0 aromatic heterocycles. The van der Waals surface area contributed by atoms with Crippen LogP contribution < -0.4 is 16.0 Å². The van der Waals surface area contributed by atoms with Gasteiger partial charge in [-0.2, -0.15) is 0 Å². The van der Waals surface area contributed by atoms with Crippen LogP contribution in [-0.4, -0.2) is 59.9 Å². The molecule has 6 aliphatic rings. The van der Waals surface area contributed by atoms with E-state index in [9.17, 15) is 35.1 Å². The summed E-state index contributed by atoms with van der Waals surface area (Å²) in [4.78, 5) is 13.1. The molecule has 192 valence electrons. The van der Waals surface area contributed by atoms with Gasteiger partial charge >= 0.3 is 38.9 Å². The van der Waals surface area contributed by atoms with Crippen LogP contribution in [0.2, 0.25) is 0 Å². The third-order valence-electron chi connectivity index (χ3n) is 7.74. The molecule has 2 aliphatic heterocycles. The molecule has 4 fully saturated rings. The van der Waals surface area contributed by atoms with Gasteiger partial charge in [-0.05, 0) is 56.3 Å². The van der Waals surface area contributed by atoms with Crippen LogP contribution in [0, 0.1) is 23.2 Å². The van der Waals surface area contributed by atoms with Gasteiger partial charge in [-0.25, -0.2) is 0 Å². The summed E-state index contributed by atoms with van der Waals surface area (Å²) < 4.78 is 61.5. The number of carbonyl (C=O) groups is 1. The molecule has 0 saturated heterocycles. The van der Waals surface area contributed by atoms with Gasteiger partial charge in [0.2, 0.25) is 5.91 Å². The fourth-order valence-electron chi connectivity index (χ4n) is 6.80. The maximum Gasteiger partial charge on any atom is 0.346 e. The van der Waals surface area contributed by atoms with E-state index in [2.05, 4.69) is 20.5 Å². The van der Waals surface area contributed by atoms with Crippen molar-refractivity contribution in [3.8, 4) is 0 Å². The van der Waals surface area contributed by atoms with E-state index in [1.54, 1.807) is 0 Å². The second-order valence-electron chi connectivity index (χ2n) is 10.6. The Labute approximate surface area is 188 Å². The molecule has 4 bridgehead atoms. The minimum Gasteiger partial charge on any atom is -0.393 e. The fourth-order valence-corrected chi connectivity index (χ4v) is 6.80. The number of rotatable bonds is 4. The number of hydrogen-bond donors (Lipinski definition) is 4. The molecule has 0 aromatic carbocycles. The summed E-state index contributed by atoms with van der Waals surface area (Å²) in [5.41, 5.74) is -0.0479. The number of halogens is 6. The first-order chi connectivity index (χ1) is 15.1. The van der Waals surface area contributed by atoms with E-state index in [1.165, 1.54) is 19.3 Å². The smallest absolute Gasteiger partial charge is 0.346 e. The Morgan fingerprint density at radius 3 is 1.88 bits per heavy atom. The molecule has 6 rings (SSSR count). The fraction of sp³-hybridized carbons (Fsp3) is 0.900. The number of nitrogens with one attached hydrogen (secondary N) is 3. The molecule has 1 amide bonds. The summed E-state index contributed by atoms with van der Waals surface area (Å²) in [7, 11) is -10.7. The third-order valence-corrected chi connectivity index (χ3v) is 7.74. The molecule has 4 N–H and O–H groups in total. The van der Waals surface area contributed by atoms with Crippen molar-refractivity contribution in [2.75, 3.05) is 26.2 Å². The first-order valence-corrected chi connectivity index (χ1v) is 13.7. The van der Waals surface area contributed by atoms with E-state index in [0.29, 0.717) is 12.5 Å². The number of amides is 1. The third kappa shape index (κ3) is 6.87. The van der Waals surface area contributed by atoms with Crippen LogP contribution in [0.15, 0.2) is 0 Å². The standard InChI is InChI=1S/C20H32N4O2.F6P/c25-12-17-2-4-24-3-1-16(22-19(24)23-17)11-21-18(26)20-8-13-5-14(9-20)7-15(6-13)10-20;1-7(2,3,4,5)6/h13-17,25H,1-12H2,(H2,21,22,23,26);/q;-1/p+1/t13?,14?,15?,16-,17-,20?;/m1./s1. The van der Waals surface area contributed by atoms with Gasteiger partial charge in [-0.15, -0.1) is 0 Å². The van der Waals surface area contributed by atoms with Gasteiger partial charge in [0.1, 0.15) is 6.04 Å². The predicted molar refractivity (Wildman–Crippen MR) is 112 cm³/mol. The van der Waals surface area contributed by atoms with Crippen molar-refractivity contribution in [3.63, 3.8) is 0 Å². The first-order valence-electron chi connectivity index (χ1n) is 11.7. The van der Waals surface area contributed by atoms with Crippen molar-refractivity contribution in [1.29, 1.82) is 0 Å². The number of aliphatic hydroxyl groups is 1. The van der Waals surface area contributed by atoms with E-state index in [0.717, 1.165) is 68.9 Å². The molecule has 33 heavy (non-hydrogen) atoms. The van der Waals surface area contributed by atoms with Gasteiger partial charge in [-0.1, -0.05) is 0 Å². The number of aliphatic hydroxyl groups excluding tert-OH is 1. The summed E-state index contributed by atoms with van der Waals surface area (Å²) in [5, 5.41) is 19.7. The number of carbonyl (C=O) groups excluding carboxylic acids is 1. The predicted octanol–water partition coefficient (Wildman–Crippen LogP) is 3.79. The number of guanidine groups is 1. The van der Waals surface area contributed by atoms with Crippen LogP contribution in [0.4, 0.5) is 25.2 Å². The number of hydrogen-bond acceptors (Lipinski definition) is 4. The van der Waals surface area contributed by atoms with Crippen molar-refractivity contribution < 1.29 is 39.7 Å². The molecular weight excluding hydrogens is 473 g/mol. The summed E-state index contributed by atoms with van der Waals surface area (Å²) >= 11 is 0. The molecule has 0 radical (unpaired) electrons. The maximum atomic E-state index is 13.1. The normalized spacial score (nSPS) is 39.2. The maximum absolute atomic E-state index is 13.1. The SMILES string of the molecule is F[P-](F)(F)(F)(F)F.O=C(NC[C@H]1CC[N+]2=C(N1)N[C@@H](CO)CC2)C12CC3CC(CC(C3)C1)C2. The van der Waals surface area contributed by atoms with Crippen LogP contribution in [0.1, 0.15) is 51.4 Å². The summed E-state index contributed by atoms with van der Waals surface area (Å²) in [6, 6.07) is 0.429. The second-order valence-corrected chi connectivity index (χ2v) is 12.6. The molecule has 0 spiro atoms. The van der Waals surface area contributed by atoms with E-state index in [1.807, 2.05) is 0 Å². The molecule has 4 aliphatic carbocycles. The Morgan fingerprint density at radius 2 is 1.39 bits per heavy atom. The van der Waals surface area contributed by atoms with E-state index in [-0.39, 0.29) is 24.1 Å². The molecule has 6 nitrogen and oxygen atoms in total. The minimum atomic E-state index is -10.7. The van der Waals surface area contributed by atoms with Crippen molar-refractivity contribution in [3.05, 3.63) is 0 Å². The zero-order valence-electron chi connectivity index (χ0n) is 18.4. The zero-order valence-corrected chi connectivity index (χ0v) is 19.3. The van der Waals surface area contributed by atoms with Crippen molar-refractivity contribution in [2.45, 2.75) is 63.5 Å². The van der Waals surface area contributed by atoms with Gasteiger partial charge in [0.05, 0.1) is 32.3 Å². The van der Waals surface area contributed by atoms with Crippen LogP contribution in [0.25, 0.3) is 0 Å². The summed E-state index contributed by atoms with van der Waals surface area (Å²) in [5.74, 6) is 3.80. The number of nitrogens with zero attached hydrogens (tertiary/aromatic N) is 1. The largest absolute Gasteiger partial charge is 0.393 e. The Morgan fingerprint density at radius 1 is 0.939 bits per heavy atom. The van der Waals surface area contributed by atoms with Crippen LogP contribution in [0.3, 0.4) is 0 Å². The molecule has 0 unspecified atom stereocenters. The van der Waals surface area contributed by atoms with E-state index < -0.39 is 7.81 Å². The topological polar surface area (TPSA) is 76.4 Å². The van der Waals surface area contributed by atoms with Gasteiger partial charge in [0, 0.05) is 18.3 Å². The summed E-state index contributed by atoms with van der Waals surface area (Å²) in [6.07, 6.45) is 9.56. The Kier molecular flexibility index (Phi) is 5.92. The van der Waals surface area contributed by atoms with Gasteiger partial charge in [0.25, 0.3) is 0 Å². The van der Waals surface area contributed by atoms with Crippen molar-refractivity contribution in [1.82, 2.24) is 16.0 Å². The Hall–Kier alpha value is -1.29. The molecule has 13 heteroatoms.